The first kappa shape index (κ1) is 17.5. The number of ether oxygens (including phenoxy) is 2. The maximum atomic E-state index is 12.4. The topological polar surface area (TPSA) is 72.9 Å². The molecule has 2 rings (SSSR count). The van der Waals surface area contributed by atoms with E-state index in [-0.39, 0.29) is 12.5 Å². The van der Waals surface area contributed by atoms with Gasteiger partial charge in [-0.15, -0.1) is 0 Å². The Balaban J connectivity index is 2.18. The number of nitrogens with zero attached hydrogens (tertiary/aromatic N) is 1. The second-order valence-electron chi connectivity index (χ2n) is 5.49. The Morgan fingerprint density at radius 1 is 1.26 bits per heavy atom. The van der Waals surface area contributed by atoms with Crippen LogP contribution in [0.2, 0.25) is 0 Å². The molecule has 0 bridgehead atoms. The van der Waals surface area contributed by atoms with Crippen LogP contribution in [-0.2, 0) is 19.6 Å². The van der Waals surface area contributed by atoms with Gasteiger partial charge in [0.05, 0.1) is 18.6 Å². The van der Waals surface area contributed by atoms with Crippen LogP contribution in [0.3, 0.4) is 0 Å². The van der Waals surface area contributed by atoms with Crippen LogP contribution in [0.5, 0.6) is 5.75 Å². The summed E-state index contributed by atoms with van der Waals surface area (Å²) in [4.78, 5) is 11.9. The van der Waals surface area contributed by atoms with Crippen LogP contribution >= 0.6 is 0 Å². The number of carbonyl (C=O) groups is 1. The summed E-state index contributed by atoms with van der Waals surface area (Å²) in [5.41, 5.74) is 0.697. The Hall–Kier alpha value is -1.86. The van der Waals surface area contributed by atoms with Crippen LogP contribution in [0.1, 0.15) is 32.3 Å². The van der Waals surface area contributed by atoms with E-state index in [1.54, 1.807) is 45.2 Å². The predicted octanol–water partition coefficient (Wildman–Crippen LogP) is 2.37. The third kappa shape index (κ3) is 4.33. The van der Waals surface area contributed by atoms with Gasteiger partial charge in [0.2, 0.25) is 5.91 Å². The van der Waals surface area contributed by atoms with Gasteiger partial charge in [0, 0.05) is 12.8 Å². The summed E-state index contributed by atoms with van der Waals surface area (Å²) in [5.74, 6) is 0.250. The lowest BCUT2D eigenvalue weighted by atomic mass is 10.2. The first-order chi connectivity index (χ1) is 10.8. The Morgan fingerprint density at radius 3 is 2.48 bits per heavy atom. The summed E-state index contributed by atoms with van der Waals surface area (Å²) in [6.07, 6.45) is 1.12. The van der Waals surface area contributed by atoms with Crippen molar-refractivity contribution in [3.8, 4) is 5.75 Å². The largest absolute Gasteiger partial charge is 0.497 e. The number of hydrogen-bond donors (Lipinski definition) is 0. The SMILES string of the molecule is COc1ccc(/C=C/S(=O)(=O)N2C(=O)CCC2OC(C)C)cc1. The molecule has 1 atom stereocenters. The van der Waals surface area contributed by atoms with Crippen LogP contribution in [-0.4, -0.2) is 38.1 Å². The van der Waals surface area contributed by atoms with Crippen molar-refractivity contribution in [1.82, 2.24) is 4.31 Å². The maximum absolute atomic E-state index is 12.4. The molecule has 1 aromatic carbocycles. The zero-order valence-corrected chi connectivity index (χ0v) is 14.2. The number of rotatable bonds is 6. The molecular weight excluding hydrogens is 318 g/mol. The molecule has 1 amide bonds. The molecule has 0 radical (unpaired) electrons. The number of amides is 1. The normalized spacial score (nSPS) is 19.0. The van der Waals surface area contributed by atoms with Crippen molar-refractivity contribution >= 4 is 22.0 Å². The van der Waals surface area contributed by atoms with Crippen molar-refractivity contribution in [3.63, 3.8) is 0 Å². The van der Waals surface area contributed by atoms with E-state index in [1.807, 2.05) is 0 Å². The molecule has 1 aromatic rings. The van der Waals surface area contributed by atoms with Gasteiger partial charge in [-0.2, -0.15) is 0 Å². The maximum Gasteiger partial charge on any atom is 0.261 e. The fourth-order valence-corrected chi connectivity index (χ4v) is 3.64. The Morgan fingerprint density at radius 2 is 1.91 bits per heavy atom. The van der Waals surface area contributed by atoms with Gasteiger partial charge in [0.25, 0.3) is 10.0 Å². The van der Waals surface area contributed by atoms with Gasteiger partial charge >= 0.3 is 0 Å². The van der Waals surface area contributed by atoms with E-state index in [1.165, 1.54) is 6.08 Å². The third-order valence-electron chi connectivity index (χ3n) is 3.36. The van der Waals surface area contributed by atoms with E-state index >= 15 is 0 Å². The molecule has 23 heavy (non-hydrogen) atoms. The summed E-state index contributed by atoms with van der Waals surface area (Å²) < 4.78 is 36.3. The summed E-state index contributed by atoms with van der Waals surface area (Å²) in [5, 5.41) is 1.04. The van der Waals surface area contributed by atoms with Gasteiger partial charge in [-0.05, 0) is 37.6 Å². The minimum Gasteiger partial charge on any atom is -0.497 e. The molecule has 1 aliphatic rings. The van der Waals surface area contributed by atoms with Gasteiger partial charge in [-0.1, -0.05) is 12.1 Å². The van der Waals surface area contributed by atoms with Crippen molar-refractivity contribution < 1.29 is 22.7 Å². The average molecular weight is 339 g/mol. The van der Waals surface area contributed by atoms with Crippen LogP contribution in [0, 0.1) is 0 Å². The number of benzene rings is 1. The molecule has 0 N–H and O–H groups in total. The van der Waals surface area contributed by atoms with Gasteiger partial charge in [-0.3, -0.25) is 4.79 Å². The van der Waals surface area contributed by atoms with E-state index in [0.29, 0.717) is 17.7 Å². The predicted molar refractivity (Wildman–Crippen MR) is 87.0 cm³/mol. The summed E-state index contributed by atoms with van der Waals surface area (Å²) in [6, 6.07) is 6.94. The second-order valence-corrected chi connectivity index (χ2v) is 7.18. The number of sulfonamides is 1. The Kier molecular flexibility index (Phi) is 5.43. The first-order valence-corrected chi connectivity index (χ1v) is 8.88. The molecule has 1 unspecified atom stereocenters. The number of methoxy groups -OCH3 is 1. The molecule has 0 spiro atoms. The molecule has 6 nitrogen and oxygen atoms in total. The summed E-state index contributed by atoms with van der Waals surface area (Å²) in [7, 11) is -2.31. The van der Waals surface area contributed by atoms with Gasteiger partial charge in [-0.25, -0.2) is 12.7 Å². The monoisotopic (exact) mass is 339 g/mol. The van der Waals surface area contributed by atoms with E-state index in [9.17, 15) is 13.2 Å². The van der Waals surface area contributed by atoms with Crippen molar-refractivity contribution in [1.29, 1.82) is 0 Å². The molecular formula is C16H21NO5S. The van der Waals surface area contributed by atoms with Crippen molar-refractivity contribution in [2.75, 3.05) is 7.11 Å². The molecule has 1 fully saturated rings. The lowest BCUT2D eigenvalue weighted by molar-refractivity contribution is -0.129. The minimum atomic E-state index is -3.87. The van der Waals surface area contributed by atoms with Crippen molar-refractivity contribution in [2.45, 2.75) is 39.0 Å². The zero-order chi connectivity index (χ0) is 17.0. The van der Waals surface area contributed by atoms with E-state index in [0.717, 1.165) is 9.71 Å². The third-order valence-corrected chi connectivity index (χ3v) is 4.83. The smallest absolute Gasteiger partial charge is 0.261 e. The molecule has 1 heterocycles. The van der Waals surface area contributed by atoms with Crippen LogP contribution < -0.4 is 4.74 Å². The molecule has 126 valence electrons. The van der Waals surface area contributed by atoms with Gasteiger partial charge < -0.3 is 9.47 Å². The lowest BCUT2D eigenvalue weighted by Gasteiger charge is -2.24. The van der Waals surface area contributed by atoms with Crippen molar-refractivity contribution in [2.24, 2.45) is 0 Å². The summed E-state index contributed by atoms with van der Waals surface area (Å²) in [6.45, 7) is 3.61. The van der Waals surface area contributed by atoms with Crippen molar-refractivity contribution in [3.05, 3.63) is 35.2 Å². The molecule has 0 aromatic heterocycles. The Bertz CT molecular complexity index is 679. The van der Waals surface area contributed by atoms with Crippen LogP contribution in [0.15, 0.2) is 29.7 Å². The zero-order valence-electron chi connectivity index (χ0n) is 13.4. The molecule has 0 aliphatic carbocycles. The van der Waals surface area contributed by atoms with E-state index in [4.69, 9.17) is 9.47 Å². The first-order valence-electron chi connectivity index (χ1n) is 7.38. The quantitative estimate of drug-likeness (QED) is 0.795. The fraction of sp³-hybridized carbons (Fsp3) is 0.438. The number of carbonyl (C=O) groups excluding carboxylic acids is 1. The fourth-order valence-electron chi connectivity index (χ4n) is 2.32. The highest BCUT2D eigenvalue weighted by Crippen LogP contribution is 2.25. The molecule has 1 saturated heterocycles. The average Bonchev–Trinajstić information content (AvgIpc) is 2.86. The van der Waals surface area contributed by atoms with Crippen LogP contribution in [0.4, 0.5) is 0 Å². The molecule has 1 aliphatic heterocycles. The Labute approximate surface area is 136 Å². The van der Waals surface area contributed by atoms with E-state index in [2.05, 4.69) is 0 Å². The van der Waals surface area contributed by atoms with Crippen LogP contribution in [0.25, 0.3) is 6.08 Å². The highest BCUT2D eigenvalue weighted by atomic mass is 32.2. The van der Waals surface area contributed by atoms with E-state index < -0.39 is 22.2 Å². The molecule has 7 heteroatoms. The summed E-state index contributed by atoms with van der Waals surface area (Å²) >= 11 is 0. The lowest BCUT2D eigenvalue weighted by Crippen LogP contribution is -2.40. The van der Waals surface area contributed by atoms with Gasteiger partial charge in [0.15, 0.2) is 0 Å². The minimum absolute atomic E-state index is 0.158. The second kappa shape index (κ2) is 7.14. The standard InChI is InChI=1S/C16H21NO5S/c1-12(2)22-16-9-8-15(18)17(16)23(19,20)11-10-13-4-6-14(21-3)7-5-13/h4-7,10-12,16H,8-9H2,1-3H3/b11-10+. The highest BCUT2D eigenvalue weighted by Gasteiger charge is 2.39. The molecule has 0 saturated carbocycles. The number of hydrogen-bond acceptors (Lipinski definition) is 5. The van der Waals surface area contributed by atoms with Gasteiger partial charge in [0.1, 0.15) is 12.0 Å². The highest BCUT2D eigenvalue weighted by molar-refractivity contribution is 7.92.